The number of anilines is 1. The summed E-state index contributed by atoms with van der Waals surface area (Å²) in [6.45, 7) is 6.96. The van der Waals surface area contributed by atoms with Crippen LogP contribution in [0.25, 0.3) is 0 Å². The van der Waals surface area contributed by atoms with Crippen molar-refractivity contribution < 1.29 is 9.90 Å². The molecule has 122 valence electrons. The molecule has 3 rings (SSSR count). The van der Waals surface area contributed by atoms with Gasteiger partial charge in [-0.3, -0.25) is 9.69 Å². The minimum absolute atomic E-state index is 0.0115. The Kier molecular flexibility index (Phi) is 4.93. The molecule has 0 aliphatic carbocycles. The number of piperazine rings is 1. The molecule has 2 heterocycles. The molecule has 2 aromatic rings. The molecule has 1 fully saturated rings. The van der Waals surface area contributed by atoms with Gasteiger partial charge in [-0.15, -0.1) is 11.3 Å². The van der Waals surface area contributed by atoms with Crippen molar-refractivity contribution in [3.63, 3.8) is 0 Å². The predicted octanol–water partition coefficient (Wildman–Crippen LogP) is 2.40. The summed E-state index contributed by atoms with van der Waals surface area (Å²) >= 11 is 1.55. The second-order valence-corrected chi connectivity index (χ2v) is 6.85. The lowest BCUT2D eigenvalue weighted by molar-refractivity contribution is -0.136. The van der Waals surface area contributed by atoms with E-state index in [0.29, 0.717) is 5.69 Å². The number of hydrogen-bond acceptors (Lipinski definition) is 5. The van der Waals surface area contributed by atoms with Gasteiger partial charge in [0.1, 0.15) is 5.01 Å². The Bertz CT molecular complexity index is 678. The summed E-state index contributed by atoms with van der Waals surface area (Å²) in [5, 5.41) is 11.7. The summed E-state index contributed by atoms with van der Waals surface area (Å²) < 4.78 is 0. The van der Waals surface area contributed by atoms with Crippen LogP contribution in [0.1, 0.15) is 16.3 Å². The van der Waals surface area contributed by atoms with E-state index in [1.54, 1.807) is 11.3 Å². The monoisotopic (exact) mass is 331 g/mol. The molecule has 0 unspecified atom stereocenters. The first-order valence-corrected chi connectivity index (χ1v) is 8.67. The van der Waals surface area contributed by atoms with Gasteiger partial charge in [0.2, 0.25) is 0 Å². The standard InChI is InChI=1S/C17H21N3O2S/c1-13-3-2-4-15(9-13)20-7-5-19(6-8-20)11-16-18-14(12-23-16)10-17(21)22/h2-4,9,12H,5-8,10-11H2,1H3,(H,21,22). The number of rotatable bonds is 5. The van der Waals surface area contributed by atoms with Crippen LogP contribution < -0.4 is 4.90 Å². The predicted molar refractivity (Wildman–Crippen MR) is 92.1 cm³/mol. The number of carbonyl (C=O) groups is 1. The molecule has 0 amide bonds. The first kappa shape index (κ1) is 16.0. The molecule has 23 heavy (non-hydrogen) atoms. The summed E-state index contributed by atoms with van der Waals surface area (Å²) in [7, 11) is 0. The van der Waals surface area contributed by atoms with E-state index in [9.17, 15) is 4.79 Å². The Morgan fingerprint density at radius 2 is 2.09 bits per heavy atom. The third kappa shape index (κ3) is 4.30. The fraction of sp³-hybridized carbons (Fsp3) is 0.412. The number of carboxylic acid groups (broad SMARTS) is 1. The van der Waals surface area contributed by atoms with E-state index in [1.807, 2.05) is 5.38 Å². The minimum atomic E-state index is -0.825. The molecule has 0 atom stereocenters. The normalized spacial score (nSPS) is 15.8. The first-order valence-electron chi connectivity index (χ1n) is 7.79. The molecule has 1 aliphatic heterocycles. The van der Waals surface area contributed by atoms with E-state index < -0.39 is 5.97 Å². The molecule has 0 spiro atoms. The minimum Gasteiger partial charge on any atom is -0.481 e. The van der Waals surface area contributed by atoms with Crippen molar-refractivity contribution in [2.24, 2.45) is 0 Å². The highest BCUT2D eigenvalue weighted by atomic mass is 32.1. The van der Waals surface area contributed by atoms with Crippen molar-refractivity contribution in [3.05, 3.63) is 45.9 Å². The smallest absolute Gasteiger partial charge is 0.309 e. The van der Waals surface area contributed by atoms with Gasteiger partial charge in [0.15, 0.2) is 0 Å². The quantitative estimate of drug-likeness (QED) is 0.912. The zero-order valence-corrected chi connectivity index (χ0v) is 14.1. The van der Waals surface area contributed by atoms with Crippen LogP contribution in [-0.2, 0) is 17.8 Å². The zero-order chi connectivity index (χ0) is 16.2. The lowest BCUT2D eigenvalue weighted by Crippen LogP contribution is -2.45. The number of aliphatic carboxylic acids is 1. The van der Waals surface area contributed by atoms with Crippen LogP contribution in [0, 0.1) is 6.92 Å². The van der Waals surface area contributed by atoms with Crippen LogP contribution in [0.3, 0.4) is 0 Å². The van der Waals surface area contributed by atoms with E-state index in [4.69, 9.17) is 5.11 Å². The van der Waals surface area contributed by atoms with Gasteiger partial charge in [0.25, 0.3) is 0 Å². The van der Waals surface area contributed by atoms with Gasteiger partial charge in [-0.25, -0.2) is 4.98 Å². The van der Waals surface area contributed by atoms with E-state index in [1.165, 1.54) is 11.3 Å². The lowest BCUT2D eigenvalue weighted by atomic mass is 10.2. The van der Waals surface area contributed by atoms with Crippen molar-refractivity contribution in [2.45, 2.75) is 19.9 Å². The zero-order valence-electron chi connectivity index (χ0n) is 13.2. The number of benzene rings is 1. The molecule has 6 heteroatoms. The first-order chi connectivity index (χ1) is 11.1. The fourth-order valence-electron chi connectivity index (χ4n) is 2.84. The number of aromatic nitrogens is 1. The third-order valence-electron chi connectivity index (χ3n) is 4.03. The molecule has 1 aromatic heterocycles. The SMILES string of the molecule is Cc1cccc(N2CCN(Cc3nc(CC(=O)O)cs3)CC2)c1. The molecule has 1 aliphatic rings. The molecule has 5 nitrogen and oxygen atoms in total. The Balaban J connectivity index is 1.53. The van der Waals surface area contributed by atoms with E-state index in [-0.39, 0.29) is 6.42 Å². The van der Waals surface area contributed by atoms with E-state index in [0.717, 1.165) is 37.7 Å². The van der Waals surface area contributed by atoms with Crippen LogP contribution in [0.4, 0.5) is 5.69 Å². The molecule has 1 aromatic carbocycles. The Morgan fingerprint density at radius 3 is 2.78 bits per heavy atom. The summed E-state index contributed by atoms with van der Waals surface area (Å²) in [6, 6.07) is 8.63. The number of nitrogens with zero attached hydrogens (tertiary/aromatic N) is 3. The average Bonchev–Trinajstić information content (AvgIpc) is 2.94. The van der Waals surface area contributed by atoms with Crippen LogP contribution in [-0.4, -0.2) is 47.1 Å². The van der Waals surface area contributed by atoms with Crippen molar-refractivity contribution >= 4 is 23.0 Å². The van der Waals surface area contributed by atoms with Crippen LogP contribution >= 0.6 is 11.3 Å². The number of carboxylic acids is 1. The Morgan fingerprint density at radius 1 is 1.30 bits per heavy atom. The van der Waals surface area contributed by atoms with E-state index >= 15 is 0 Å². The largest absolute Gasteiger partial charge is 0.481 e. The summed E-state index contributed by atoms with van der Waals surface area (Å²) in [5.41, 5.74) is 3.25. The van der Waals surface area contributed by atoms with Gasteiger partial charge >= 0.3 is 5.97 Å². The fourth-order valence-corrected chi connectivity index (χ4v) is 3.67. The molecule has 0 bridgehead atoms. The molecule has 0 radical (unpaired) electrons. The average molecular weight is 331 g/mol. The van der Waals surface area contributed by atoms with Crippen LogP contribution in [0.5, 0.6) is 0 Å². The second kappa shape index (κ2) is 7.10. The van der Waals surface area contributed by atoms with Crippen LogP contribution in [0.15, 0.2) is 29.6 Å². The molecule has 1 saturated heterocycles. The van der Waals surface area contributed by atoms with Gasteiger partial charge in [0, 0.05) is 37.2 Å². The highest BCUT2D eigenvalue weighted by molar-refractivity contribution is 7.09. The lowest BCUT2D eigenvalue weighted by Gasteiger charge is -2.35. The molecule has 0 saturated carbocycles. The van der Waals surface area contributed by atoms with Gasteiger partial charge in [-0.2, -0.15) is 0 Å². The van der Waals surface area contributed by atoms with Crippen molar-refractivity contribution in [1.29, 1.82) is 0 Å². The van der Waals surface area contributed by atoms with Crippen molar-refractivity contribution in [3.8, 4) is 0 Å². The highest BCUT2D eigenvalue weighted by Crippen LogP contribution is 2.19. The molecular formula is C17H21N3O2S. The van der Waals surface area contributed by atoms with Gasteiger partial charge < -0.3 is 10.0 Å². The maximum absolute atomic E-state index is 10.7. The van der Waals surface area contributed by atoms with Gasteiger partial charge in [-0.1, -0.05) is 12.1 Å². The molecule has 1 N–H and O–H groups in total. The number of thiazole rings is 1. The summed E-state index contributed by atoms with van der Waals surface area (Å²) in [4.78, 5) is 19.9. The maximum atomic E-state index is 10.7. The summed E-state index contributed by atoms with van der Waals surface area (Å²) in [6.07, 6.45) is 0.0115. The maximum Gasteiger partial charge on any atom is 0.309 e. The number of hydrogen-bond donors (Lipinski definition) is 1. The topological polar surface area (TPSA) is 56.7 Å². The van der Waals surface area contributed by atoms with Crippen LogP contribution in [0.2, 0.25) is 0 Å². The second-order valence-electron chi connectivity index (χ2n) is 5.91. The van der Waals surface area contributed by atoms with Gasteiger partial charge in [-0.05, 0) is 24.6 Å². The van der Waals surface area contributed by atoms with Gasteiger partial charge in [0.05, 0.1) is 18.7 Å². The number of aryl methyl sites for hydroxylation is 1. The van der Waals surface area contributed by atoms with Crippen molar-refractivity contribution in [2.75, 3.05) is 31.1 Å². The third-order valence-corrected chi connectivity index (χ3v) is 4.91. The van der Waals surface area contributed by atoms with E-state index in [2.05, 4.69) is 46.0 Å². The molecular weight excluding hydrogens is 310 g/mol. The Labute approximate surface area is 140 Å². The Hall–Kier alpha value is -1.92. The summed E-state index contributed by atoms with van der Waals surface area (Å²) in [5.74, 6) is -0.825. The van der Waals surface area contributed by atoms with Crippen molar-refractivity contribution in [1.82, 2.24) is 9.88 Å². The highest BCUT2D eigenvalue weighted by Gasteiger charge is 2.18.